The quantitative estimate of drug-likeness (QED) is 0.713. The van der Waals surface area contributed by atoms with E-state index in [1.165, 1.54) is 0 Å². The molecule has 7 nitrogen and oxygen atoms in total. The number of sulfonamides is 1. The lowest BCUT2D eigenvalue weighted by Crippen LogP contribution is -2.25. The lowest BCUT2D eigenvalue weighted by atomic mass is 10.3. The molecule has 8 heteroatoms. The Hall–Kier alpha value is -1.64. The van der Waals surface area contributed by atoms with Gasteiger partial charge in [-0.3, -0.25) is 5.10 Å². The van der Waals surface area contributed by atoms with E-state index in [0.29, 0.717) is 23.7 Å². The second kappa shape index (κ2) is 6.42. The molecule has 116 valence electrons. The minimum atomic E-state index is -3.64. The van der Waals surface area contributed by atoms with E-state index in [9.17, 15) is 8.42 Å². The van der Waals surface area contributed by atoms with E-state index < -0.39 is 10.0 Å². The van der Waals surface area contributed by atoms with Crippen LogP contribution in [-0.4, -0.2) is 25.2 Å². The van der Waals surface area contributed by atoms with E-state index in [2.05, 4.69) is 20.2 Å². The van der Waals surface area contributed by atoms with Crippen LogP contribution in [0.25, 0.3) is 0 Å². The summed E-state index contributed by atoms with van der Waals surface area (Å²) in [6.07, 6.45) is 0. The van der Waals surface area contributed by atoms with Crippen LogP contribution in [-0.2, 0) is 23.1 Å². The number of aromatic amines is 1. The third-order valence-electron chi connectivity index (χ3n) is 3.00. The maximum Gasteiger partial charge on any atom is 0.244 e. The normalized spacial score (nSPS) is 12.0. The highest BCUT2D eigenvalue weighted by molar-refractivity contribution is 7.89. The van der Waals surface area contributed by atoms with Gasteiger partial charge in [0.1, 0.15) is 16.4 Å². The first-order chi connectivity index (χ1) is 9.94. The van der Waals surface area contributed by atoms with Crippen molar-refractivity contribution in [2.45, 2.75) is 38.8 Å². The average molecular weight is 312 g/mol. The molecule has 0 fully saturated rings. The lowest BCUT2D eigenvalue weighted by Gasteiger charge is -2.07. The van der Waals surface area contributed by atoms with Crippen molar-refractivity contribution >= 4 is 10.0 Å². The zero-order valence-electron chi connectivity index (χ0n) is 12.4. The first-order valence-corrected chi connectivity index (χ1v) is 8.22. The molecule has 0 amide bonds. The van der Waals surface area contributed by atoms with Crippen molar-refractivity contribution in [3.05, 3.63) is 35.0 Å². The van der Waals surface area contributed by atoms with Crippen molar-refractivity contribution in [1.29, 1.82) is 0 Å². The van der Waals surface area contributed by atoms with Crippen LogP contribution >= 0.6 is 0 Å². The van der Waals surface area contributed by atoms with Gasteiger partial charge in [-0.2, -0.15) is 5.10 Å². The molecule has 2 heterocycles. The molecule has 0 saturated carbocycles. The van der Waals surface area contributed by atoms with Gasteiger partial charge in [-0.25, -0.2) is 13.1 Å². The molecule has 0 radical (unpaired) electrons. The molecule has 0 aliphatic rings. The fourth-order valence-electron chi connectivity index (χ4n) is 2.01. The van der Waals surface area contributed by atoms with Gasteiger partial charge in [0, 0.05) is 6.54 Å². The van der Waals surface area contributed by atoms with Crippen LogP contribution in [0.1, 0.15) is 29.8 Å². The molecule has 0 aromatic carbocycles. The molecular weight excluding hydrogens is 292 g/mol. The van der Waals surface area contributed by atoms with Crippen LogP contribution < -0.4 is 10.0 Å². The fraction of sp³-hybridized carbons (Fsp3) is 0.462. The topological polar surface area (TPSA) is 100 Å². The van der Waals surface area contributed by atoms with Gasteiger partial charge in [0.2, 0.25) is 10.0 Å². The van der Waals surface area contributed by atoms with Crippen LogP contribution in [0.3, 0.4) is 0 Å². The minimum Gasteiger partial charge on any atom is -0.465 e. The van der Waals surface area contributed by atoms with Gasteiger partial charge in [0.05, 0.1) is 17.9 Å². The Balaban J connectivity index is 2.17. The zero-order chi connectivity index (χ0) is 15.5. The summed E-state index contributed by atoms with van der Waals surface area (Å²) in [5.74, 6) is 1.32. The molecule has 2 aromatic heterocycles. The second-order valence-corrected chi connectivity index (χ2v) is 6.45. The highest BCUT2D eigenvalue weighted by Crippen LogP contribution is 2.18. The molecular formula is C13H20N4O3S. The number of H-pyrrole nitrogens is 1. The number of nitrogens with one attached hydrogen (secondary N) is 3. The van der Waals surface area contributed by atoms with Gasteiger partial charge in [-0.05, 0) is 32.5 Å². The van der Waals surface area contributed by atoms with Crippen molar-refractivity contribution in [2.75, 3.05) is 6.54 Å². The van der Waals surface area contributed by atoms with Crippen molar-refractivity contribution in [3.8, 4) is 0 Å². The summed E-state index contributed by atoms with van der Waals surface area (Å²) in [5.41, 5.74) is 1.00. The highest BCUT2D eigenvalue weighted by Gasteiger charge is 2.24. The Kier molecular flexibility index (Phi) is 4.81. The minimum absolute atomic E-state index is 0.113. The van der Waals surface area contributed by atoms with Gasteiger partial charge >= 0.3 is 0 Å². The smallest absolute Gasteiger partial charge is 0.244 e. The number of nitrogens with zero attached hydrogens (tertiary/aromatic N) is 1. The van der Waals surface area contributed by atoms with Crippen molar-refractivity contribution < 1.29 is 12.8 Å². The molecule has 0 spiro atoms. The molecule has 2 rings (SSSR count). The average Bonchev–Trinajstić information content (AvgIpc) is 3.00. The Morgan fingerprint density at radius 3 is 2.67 bits per heavy atom. The van der Waals surface area contributed by atoms with Gasteiger partial charge in [0.25, 0.3) is 0 Å². The van der Waals surface area contributed by atoms with Gasteiger partial charge in [0.15, 0.2) is 0 Å². The molecule has 3 N–H and O–H groups in total. The molecule has 0 aliphatic heterocycles. The van der Waals surface area contributed by atoms with Crippen LogP contribution in [0.4, 0.5) is 0 Å². The van der Waals surface area contributed by atoms with Gasteiger partial charge in [-0.1, -0.05) is 6.92 Å². The Labute approximate surface area is 124 Å². The number of furan rings is 1. The maximum atomic E-state index is 12.4. The molecule has 0 aliphatic carbocycles. The molecule has 0 unspecified atom stereocenters. The fourth-order valence-corrected chi connectivity index (χ4v) is 3.36. The van der Waals surface area contributed by atoms with E-state index >= 15 is 0 Å². The van der Waals surface area contributed by atoms with E-state index in [-0.39, 0.29) is 11.4 Å². The first kappa shape index (κ1) is 15.7. The van der Waals surface area contributed by atoms with Gasteiger partial charge in [-0.15, -0.1) is 0 Å². The van der Waals surface area contributed by atoms with Crippen molar-refractivity contribution in [3.63, 3.8) is 0 Å². The first-order valence-electron chi connectivity index (χ1n) is 6.73. The van der Waals surface area contributed by atoms with Crippen molar-refractivity contribution in [1.82, 2.24) is 20.2 Å². The summed E-state index contributed by atoms with van der Waals surface area (Å²) in [6.45, 7) is 6.70. The number of rotatable bonds is 7. The molecule has 21 heavy (non-hydrogen) atoms. The predicted molar refractivity (Wildman–Crippen MR) is 78.2 cm³/mol. The highest BCUT2D eigenvalue weighted by atomic mass is 32.2. The molecule has 2 aromatic rings. The predicted octanol–water partition coefficient (Wildman–Crippen LogP) is 1.21. The molecule has 0 saturated heterocycles. The van der Waals surface area contributed by atoms with E-state index in [4.69, 9.17) is 4.42 Å². The van der Waals surface area contributed by atoms with E-state index in [1.807, 2.05) is 13.8 Å². The van der Waals surface area contributed by atoms with Crippen molar-refractivity contribution in [2.24, 2.45) is 0 Å². The monoisotopic (exact) mass is 312 g/mol. The Bertz CT molecular complexity index is 703. The van der Waals surface area contributed by atoms with Crippen LogP contribution in [0.2, 0.25) is 0 Å². The van der Waals surface area contributed by atoms with E-state index in [0.717, 1.165) is 12.3 Å². The summed E-state index contributed by atoms with van der Waals surface area (Å²) in [7, 11) is -3.64. The largest absolute Gasteiger partial charge is 0.465 e. The molecule has 0 bridgehead atoms. The summed E-state index contributed by atoms with van der Waals surface area (Å²) in [5, 5.41) is 9.84. The number of hydrogen-bond donors (Lipinski definition) is 3. The second-order valence-electron chi connectivity index (χ2n) is 4.74. The van der Waals surface area contributed by atoms with Crippen LogP contribution in [0, 0.1) is 13.8 Å². The summed E-state index contributed by atoms with van der Waals surface area (Å²) in [4.78, 5) is 0.201. The summed E-state index contributed by atoms with van der Waals surface area (Å²) >= 11 is 0. The lowest BCUT2D eigenvalue weighted by molar-refractivity contribution is 0.475. The molecule has 0 atom stereocenters. The summed E-state index contributed by atoms with van der Waals surface area (Å²) in [6, 6.07) is 3.54. The maximum absolute atomic E-state index is 12.4. The van der Waals surface area contributed by atoms with Gasteiger partial charge < -0.3 is 9.73 Å². The van der Waals surface area contributed by atoms with Crippen LogP contribution in [0.15, 0.2) is 21.4 Å². The third kappa shape index (κ3) is 3.72. The number of aryl methyl sites for hydroxylation is 2. The number of hydrogen-bond acceptors (Lipinski definition) is 5. The third-order valence-corrected chi connectivity index (χ3v) is 4.61. The SMILES string of the molecule is CCNCc1n[nH]c(C)c1S(=O)(=O)NCc1ccc(C)o1. The van der Waals surface area contributed by atoms with E-state index in [1.54, 1.807) is 19.1 Å². The number of aromatic nitrogens is 2. The van der Waals surface area contributed by atoms with Crippen LogP contribution in [0.5, 0.6) is 0 Å². The summed E-state index contributed by atoms with van der Waals surface area (Å²) < 4.78 is 32.8. The Morgan fingerprint density at radius 1 is 1.29 bits per heavy atom. The Morgan fingerprint density at radius 2 is 2.05 bits per heavy atom. The zero-order valence-corrected chi connectivity index (χ0v) is 13.2. The standard InChI is InChI=1S/C13H20N4O3S/c1-4-14-8-12-13(10(3)16-17-12)21(18,19)15-7-11-6-5-9(2)20-11/h5-6,14-15H,4,7-8H2,1-3H3,(H,16,17).